The number of hydrogen-bond donors (Lipinski definition) is 1. The van der Waals surface area contributed by atoms with E-state index in [4.69, 9.17) is 4.42 Å². The van der Waals surface area contributed by atoms with E-state index in [2.05, 4.69) is 20.6 Å². The summed E-state index contributed by atoms with van der Waals surface area (Å²) in [7, 11) is 0. The third-order valence-corrected chi connectivity index (χ3v) is 3.43. The molecule has 7 heteroatoms. The molecule has 0 spiro atoms. The molecule has 0 aliphatic rings. The summed E-state index contributed by atoms with van der Waals surface area (Å²) in [6.07, 6.45) is 4.07. The molecule has 1 aromatic carbocycles. The van der Waals surface area contributed by atoms with Crippen molar-refractivity contribution in [2.75, 3.05) is 0 Å². The molecule has 0 saturated heterocycles. The molecule has 1 amide bonds. The molecule has 1 N–H and O–H groups in total. The van der Waals surface area contributed by atoms with Gasteiger partial charge in [-0.25, -0.2) is 0 Å². The Labute approximate surface area is 133 Å². The third kappa shape index (κ3) is 3.45. The van der Waals surface area contributed by atoms with Crippen molar-refractivity contribution in [1.82, 2.24) is 25.3 Å². The molecule has 23 heavy (non-hydrogen) atoms. The average molecular weight is 311 g/mol. The van der Waals surface area contributed by atoms with Crippen molar-refractivity contribution in [2.24, 2.45) is 0 Å². The van der Waals surface area contributed by atoms with E-state index < -0.39 is 0 Å². The van der Waals surface area contributed by atoms with E-state index in [9.17, 15) is 4.79 Å². The van der Waals surface area contributed by atoms with Gasteiger partial charge < -0.3 is 9.73 Å². The summed E-state index contributed by atoms with van der Waals surface area (Å²) in [5, 5.41) is 14.9. The highest BCUT2D eigenvalue weighted by Gasteiger charge is 2.19. The summed E-state index contributed by atoms with van der Waals surface area (Å²) in [5.74, 6) is 0.678. The second-order valence-electron chi connectivity index (χ2n) is 4.99. The molecular formula is C16H17N5O2. The molecule has 0 saturated carbocycles. The molecular weight excluding hydrogens is 294 g/mol. The van der Waals surface area contributed by atoms with Crippen LogP contribution < -0.4 is 5.32 Å². The van der Waals surface area contributed by atoms with Crippen LogP contribution in [0.2, 0.25) is 0 Å². The van der Waals surface area contributed by atoms with Gasteiger partial charge in [-0.05, 0) is 24.6 Å². The number of benzene rings is 1. The van der Waals surface area contributed by atoms with E-state index in [1.165, 1.54) is 0 Å². The highest BCUT2D eigenvalue weighted by atomic mass is 16.4. The number of amides is 1. The highest BCUT2D eigenvalue weighted by Crippen LogP contribution is 2.17. The van der Waals surface area contributed by atoms with Crippen LogP contribution in [-0.2, 0) is 11.3 Å². The number of hydrogen-bond acceptors (Lipinski definition) is 5. The molecule has 7 nitrogen and oxygen atoms in total. The summed E-state index contributed by atoms with van der Waals surface area (Å²) < 4.78 is 7.20. The van der Waals surface area contributed by atoms with Crippen LogP contribution in [0.4, 0.5) is 0 Å². The number of rotatable bonds is 6. The molecule has 0 radical (unpaired) electrons. The van der Waals surface area contributed by atoms with Crippen LogP contribution in [0.15, 0.2) is 53.2 Å². The summed E-state index contributed by atoms with van der Waals surface area (Å²) >= 11 is 0. The zero-order valence-corrected chi connectivity index (χ0v) is 12.7. The maximum atomic E-state index is 12.3. The molecule has 0 bridgehead atoms. The number of aromatic nitrogens is 4. The predicted molar refractivity (Wildman–Crippen MR) is 83.1 cm³/mol. The first-order valence-electron chi connectivity index (χ1n) is 7.42. The SMILES string of the molecule is CCC(C(=O)NCc1nnc(-c2ccccc2)o1)n1cccn1. The Morgan fingerprint density at radius 1 is 1.26 bits per heavy atom. The van der Waals surface area contributed by atoms with Gasteiger partial charge in [0.1, 0.15) is 6.04 Å². The van der Waals surface area contributed by atoms with Gasteiger partial charge in [-0.15, -0.1) is 10.2 Å². The lowest BCUT2D eigenvalue weighted by Crippen LogP contribution is -2.32. The van der Waals surface area contributed by atoms with Crippen LogP contribution in [0, 0.1) is 0 Å². The fraction of sp³-hybridized carbons (Fsp3) is 0.250. The van der Waals surface area contributed by atoms with Crippen molar-refractivity contribution in [2.45, 2.75) is 25.9 Å². The van der Waals surface area contributed by atoms with Crippen LogP contribution in [-0.4, -0.2) is 25.9 Å². The lowest BCUT2D eigenvalue weighted by Gasteiger charge is -2.14. The molecule has 118 valence electrons. The quantitative estimate of drug-likeness (QED) is 0.754. The van der Waals surface area contributed by atoms with E-state index in [0.29, 0.717) is 18.2 Å². The van der Waals surface area contributed by atoms with E-state index in [-0.39, 0.29) is 18.5 Å². The number of nitrogens with one attached hydrogen (secondary N) is 1. The largest absolute Gasteiger partial charge is 0.419 e. The highest BCUT2D eigenvalue weighted by molar-refractivity contribution is 5.79. The topological polar surface area (TPSA) is 85.8 Å². The first kappa shape index (κ1) is 15.0. The lowest BCUT2D eigenvalue weighted by atomic mass is 10.2. The lowest BCUT2D eigenvalue weighted by molar-refractivity contribution is -0.125. The molecule has 2 heterocycles. The fourth-order valence-electron chi connectivity index (χ4n) is 2.26. The number of carbonyl (C=O) groups excluding carboxylic acids is 1. The van der Waals surface area contributed by atoms with Crippen LogP contribution >= 0.6 is 0 Å². The first-order chi connectivity index (χ1) is 11.3. The second kappa shape index (κ2) is 6.87. The van der Waals surface area contributed by atoms with Crippen molar-refractivity contribution in [3.63, 3.8) is 0 Å². The molecule has 0 aliphatic carbocycles. The van der Waals surface area contributed by atoms with E-state index in [1.807, 2.05) is 37.3 Å². The molecule has 1 unspecified atom stereocenters. The summed E-state index contributed by atoms with van der Waals surface area (Å²) in [6.45, 7) is 2.13. The first-order valence-corrected chi connectivity index (χ1v) is 7.42. The Bertz CT molecular complexity index is 752. The minimum atomic E-state index is -0.346. The van der Waals surface area contributed by atoms with Crippen LogP contribution in [0.5, 0.6) is 0 Å². The van der Waals surface area contributed by atoms with Gasteiger partial charge in [-0.1, -0.05) is 25.1 Å². The van der Waals surface area contributed by atoms with E-state index >= 15 is 0 Å². The van der Waals surface area contributed by atoms with Crippen molar-refractivity contribution in [3.8, 4) is 11.5 Å². The van der Waals surface area contributed by atoms with Crippen LogP contribution in [0.25, 0.3) is 11.5 Å². The van der Waals surface area contributed by atoms with Crippen molar-refractivity contribution < 1.29 is 9.21 Å². The van der Waals surface area contributed by atoms with Gasteiger partial charge in [0.2, 0.25) is 17.7 Å². The minimum Gasteiger partial charge on any atom is -0.419 e. The van der Waals surface area contributed by atoms with Gasteiger partial charge in [-0.2, -0.15) is 5.10 Å². The van der Waals surface area contributed by atoms with Gasteiger partial charge in [0.25, 0.3) is 0 Å². The monoisotopic (exact) mass is 311 g/mol. The number of carbonyl (C=O) groups is 1. The maximum absolute atomic E-state index is 12.3. The maximum Gasteiger partial charge on any atom is 0.247 e. The molecule has 1 atom stereocenters. The standard InChI is InChI=1S/C16H17N5O2/c1-2-13(21-10-6-9-18-21)15(22)17-11-14-19-20-16(23-14)12-7-4-3-5-8-12/h3-10,13H,2,11H2,1H3,(H,17,22). The Hall–Kier alpha value is -2.96. The van der Waals surface area contributed by atoms with Gasteiger partial charge in [-0.3, -0.25) is 9.48 Å². The normalized spacial score (nSPS) is 12.0. The van der Waals surface area contributed by atoms with Gasteiger partial charge in [0.05, 0.1) is 6.54 Å². The van der Waals surface area contributed by atoms with Crippen molar-refractivity contribution in [3.05, 3.63) is 54.7 Å². The Morgan fingerprint density at radius 3 is 2.78 bits per heavy atom. The molecule has 0 fully saturated rings. The smallest absolute Gasteiger partial charge is 0.247 e. The minimum absolute atomic E-state index is 0.129. The molecule has 3 aromatic rings. The number of nitrogens with zero attached hydrogens (tertiary/aromatic N) is 4. The molecule has 3 rings (SSSR count). The fourth-order valence-corrected chi connectivity index (χ4v) is 2.26. The third-order valence-electron chi connectivity index (χ3n) is 3.43. The Balaban J connectivity index is 1.62. The molecule has 0 aliphatic heterocycles. The van der Waals surface area contributed by atoms with Crippen LogP contribution in [0.3, 0.4) is 0 Å². The van der Waals surface area contributed by atoms with Gasteiger partial charge >= 0.3 is 0 Å². The zero-order chi connectivity index (χ0) is 16.1. The van der Waals surface area contributed by atoms with Crippen LogP contribution in [0.1, 0.15) is 25.3 Å². The van der Waals surface area contributed by atoms with E-state index in [1.54, 1.807) is 23.1 Å². The van der Waals surface area contributed by atoms with Crippen molar-refractivity contribution in [1.29, 1.82) is 0 Å². The Morgan fingerprint density at radius 2 is 2.09 bits per heavy atom. The average Bonchev–Trinajstić information content (AvgIpc) is 3.26. The van der Waals surface area contributed by atoms with Crippen molar-refractivity contribution >= 4 is 5.91 Å². The summed E-state index contributed by atoms with van der Waals surface area (Å²) in [6, 6.07) is 10.9. The molecule has 2 aromatic heterocycles. The predicted octanol–water partition coefficient (Wildman–Crippen LogP) is 2.20. The second-order valence-corrected chi connectivity index (χ2v) is 4.99. The van der Waals surface area contributed by atoms with Gasteiger partial charge in [0.15, 0.2) is 0 Å². The Kier molecular flexibility index (Phi) is 4.46. The van der Waals surface area contributed by atoms with E-state index in [0.717, 1.165) is 5.56 Å². The summed E-state index contributed by atoms with van der Waals surface area (Å²) in [5.41, 5.74) is 0.848. The van der Waals surface area contributed by atoms with Gasteiger partial charge in [0, 0.05) is 18.0 Å². The zero-order valence-electron chi connectivity index (χ0n) is 12.7. The summed E-state index contributed by atoms with van der Waals surface area (Å²) in [4.78, 5) is 12.3.